The van der Waals surface area contributed by atoms with Crippen molar-refractivity contribution in [1.29, 1.82) is 0 Å². The van der Waals surface area contributed by atoms with Gasteiger partial charge in [-0.1, -0.05) is 34.1 Å². The average Bonchev–Trinajstić information content (AvgIpc) is 3.40. The van der Waals surface area contributed by atoms with Gasteiger partial charge in [-0.3, -0.25) is 4.99 Å². The molecule has 0 saturated heterocycles. The highest BCUT2D eigenvalue weighted by Gasteiger charge is 2.45. The maximum Gasteiger partial charge on any atom is 0.191 e. The quantitative estimate of drug-likeness (QED) is 0.208. The minimum Gasteiger partial charge on any atom is -0.383 e. The van der Waals surface area contributed by atoms with Gasteiger partial charge in [0.2, 0.25) is 0 Å². The van der Waals surface area contributed by atoms with Gasteiger partial charge in [0.15, 0.2) is 5.96 Å². The van der Waals surface area contributed by atoms with Crippen LogP contribution >= 0.6 is 39.9 Å². The Kier molecular flexibility index (Phi) is 11.1. The van der Waals surface area contributed by atoms with Gasteiger partial charge in [0.25, 0.3) is 0 Å². The molecule has 1 aromatic rings. The molecule has 7 heteroatoms. The maximum atomic E-state index is 5.10. The highest BCUT2D eigenvalue weighted by Crippen LogP contribution is 2.49. The fourth-order valence-electron chi connectivity index (χ4n) is 2.97. The summed E-state index contributed by atoms with van der Waals surface area (Å²) in [7, 11) is 5.70. The molecule has 0 spiro atoms. The first-order valence-corrected chi connectivity index (χ1v) is 9.77. The van der Waals surface area contributed by atoms with E-state index in [1.54, 1.807) is 7.11 Å². The summed E-state index contributed by atoms with van der Waals surface area (Å²) in [6, 6.07) is 8.54. The fraction of sp³-hybridized carbons (Fsp3) is 0.632. The van der Waals surface area contributed by atoms with Crippen molar-refractivity contribution in [2.24, 2.45) is 4.99 Å². The van der Waals surface area contributed by atoms with E-state index in [2.05, 4.69) is 67.8 Å². The van der Waals surface area contributed by atoms with Crippen molar-refractivity contribution in [3.8, 4) is 0 Å². The number of nitrogens with zero attached hydrogens (tertiary/aromatic N) is 2. The highest BCUT2D eigenvalue weighted by atomic mass is 127. The third kappa shape index (κ3) is 7.32. The lowest BCUT2D eigenvalue weighted by atomic mass is 9.96. The monoisotopic (exact) mass is 538 g/mol. The molecule has 0 aliphatic heterocycles. The third-order valence-electron chi connectivity index (χ3n) is 4.80. The van der Waals surface area contributed by atoms with E-state index in [-0.39, 0.29) is 29.4 Å². The molecule has 0 heterocycles. The molecule has 26 heavy (non-hydrogen) atoms. The molecule has 2 rings (SSSR count). The van der Waals surface area contributed by atoms with E-state index in [1.165, 1.54) is 22.9 Å². The van der Waals surface area contributed by atoms with Crippen molar-refractivity contribution in [2.75, 3.05) is 54.0 Å². The van der Waals surface area contributed by atoms with Crippen LogP contribution in [0.1, 0.15) is 24.8 Å². The molecule has 0 unspecified atom stereocenters. The second kappa shape index (κ2) is 12.2. The summed E-state index contributed by atoms with van der Waals surface area (Å²) in [6.45, 7) is 4.64. The first-order chi connectivity index (χ1) is 12.1. The van der Waals surface area contributed by atoms with Crippen LogP contribution in [0.5, 0.6) is 0 Å². The molecule has 1 aliphatic carbocycles. The standard InChI is InChI=1S/C19H31BrN4O.HI/c1-21-18(22-11-6-12-24(2)13-14-25-3)23-15-19(9-10-19)16-7-4-5-8-17(16)20;/h4-5,7-8H,6,9-15H2,1-3H3,(H2,21,22,23);1H. The summed E-state index contributed by atoms with van der Waals surface area (Å²) >= 11 is 3.69. The van der Waals surface area contributed by atoms with Gasteiger partial charge in [0, 0.05) is 43.7 Å². The van der Waals surface area contributed by atoms with Crippen molar-refractivity contribution < 1.29 is 4.74 Å². The number of aliphatic imine (C=N–C) groups is 1. The first-order valence-electron chi connectivity index (χ1n) is 8.98. The van der Waals surface area contributed by atoms with Crippen LogP contribution in [-0.4, -0.2) is 64.9 Å². The average molecular weight is 539 g/mol. The summed E-state index contributed by atoms with van der Waals surface area (Å²) in [6.07, 6.45) is 3.53. The lowest BCUT2D eigenvalue weighted by Crippen LogP contribution is -2.42. The van der Waals surface area contributed by atoms with Crippen LogP contribution in [0.25, 0.3) is 0 Å². The Balaban J connectivity index is 0.00000338. The number of nitrogens with one attached hydrogen (secondary N) is 2. The Morgan fingerprint density at radius 2 is 2.00 bits per heavy atom. The maximum absolute atomic E-state index is 5.10. The van der Waals surface area contributed by atoms with Gasteiger partial charge in [-0.2, -0.15) is 0 Å². The third-order valence-corrected chi connectivity index (χ3v) is 5.49. The number of halogens is 2. The van der Waals surface area contributed by atoms with Crippen LogP contribution in [0.15, 0.2) is 33.7 Å². The predicted molar refractivity (Wildman–Crippen MR) is 124 cm³/mol. The van der Waals surface area contributed by atoms with E-state index in [0.717, 1.165) is 45.2 Å². The molecule has 5 nitrogen and oxygen atoms in total. The number of methoxy groups -OCH3 is 1. The van der Waals surface area contributed by atoms with Crippen molar-refractivity contribution in [3.05, 3.63) is 34.3 Å². The van der Waals surface area contributed by atoms with Gasteiger partial charge >= 0.3 is 0 Å². The SMILES string of the molecule is CN=C(NCCCN(C)CCOC)NCC1(c2ccccc2Br)CC1.I. The van der Waals surface area contributed by atoms with Gasteiger partial charge in [-0.25, -0.2) is 0 Å². The van der Waals surface area contributed by atoms with Crippen LogP contribution in [0.4, 0.5) is 0 Å². The molecule has 0 aromatic heterocycles. The molecule has 0 atom stereocenters. The lowest BCUT2D eigenvalue weighted by molar-refractivity contribution is 0.161. The summed E-state index contributed by atoms with van der Waals surface area (Å²) in [5.74, 6) is 0.887. The number of guanidine groups is 1. The van der Waals surface area contributed by atoms with Gasteiger partial charge < -0.3 is 20.3 Å². The smallest absolute Gasteiger partial charge is 0.191 e. The van der Waals surface area contributed by atoms with Gasteiger partial charge in [-0.05, 0) is 44.5 Å². The van der Waals surface area contributed by atoms with E-state index in [4.69, 9.17) is 4.74 Å². The molecular formula is C19H32BrIN4O. The zero-order valence-corrected chi connectivity index (χ0v) is 20.0. The summed E-state index contributed by atoms with van der Waals surface area (Å²) in [5.41, 5.74) is 1.65. The lowest BCUT2D eigenvalue weighted by Gasteiger charge is -2.21. The van der Waals surface area contributed by atoms with E-state index >= 15 is 0 Å². The second-order valence-corrected chi connectivity index (χ2v) is 7.62. The van der Waals surface area contributed by atoms with Crippen molar-refractivity contribution in [2.45, 2.75) is 24.7 Å². The molecule has 1 aliphatic rings. The van der Waals surface area contributed by atoms with Crippen LogP contribution in [0.2, 0.25) is 0 Å². The Morgan fingerprint density at radius 3 is 2.62 bits per heavy atom. The Hall–Kier alpha value is -0.380. The predicted octanol–water partition coefficient (Wildman–Crippen LogP) is 3.23. The van der Waals surface area contributed by atoms with Crippen molar-refractivity contribution in [3.63, 3.8) is 0 Å². The molecule has 2 N–H and O–H groups in total. The first kappa shape index (κ1) is 23.7. The van der Waals surface area contributed by atoms with Crippen molar-refractivity contribution >= 4 is 45.9 Å². The number of likely N-dealkylation sites (N-methyl/N-ethyl adjacent to an activating group) is 1. The number of hydrogen-bond acceptors (Lipinski definition) is 3. The number of ether oxygens (including phenoxy) is 1. The Bertz CT molecular complexity index is 566. The summed E-state index contributed by atoms with van der Waals surface area (Å²) in [4.78, 5) is 6.64. The molecule has 1 saturated carbocycles. The largest absolute Gasteiger partial charge is 0.383 e. The van der Waals surface area contributed by atoms with Crippen molar-refractivity contribution in [1.82, 2.24) is 15.5 Å². The zero-order valence-electron chi connectivity index (χ0n) is 16.1. The second-order valence-electron chi connectivity index (χ2n) is 6.76. The van der Waals surface area contributed by atoms with E-state index in [0.29, 0.717) is 0 Å². The molecule has 148 valence electrons. The Morgan fingerprint density at radius 1 is 1.27 bits per heavy atom. The topological polar surface area (TPSA) is 48.9 Å². The zero-order chi connectivity index (χ0) is 18.1. The van der Waals surface area contributed by atoms with E-state index in [1.807, 2.05) is 7.05 Å². The van der Waals surface area contributed by atoms with E-state index < -0.39 is 0 Å². The van der Waals surface area contributed by atoms with Crippen LogP contribution < -0.4 is 10.6 Å². The number of benzene rings is 1. The minimum atomic E-state index is 0. The molecule has 0 bridgehead atoms. The minimum absolute atomic E-state index is 0. The van der Waals surface area contributed by atoms with Gasteiger partial charge in [-0.15, -0.1) is 24.0 Å². The van der Waals surface area contributed by atoms with E-state index in [9.17, 15) is 0 Å². The van der Waals surface area contributed by atoms with Crippen LogP contribution in [0, 0.1) is 0 Å². The highest BCUT2D eigenvalue weighted by molar-refractivity contribution is 14.0. The molecule has 0 radical (unpaired) electrons. The van der Waals surface area contributed by atoms with Crippen LogP contribution in [-0.2, 0) is 10.2 Å². The van der Waals surface area contributed by atoms with Gasteiger partial charge in [0.05, 0.1) is 6.61 Å². The molecule has 1 aromatic carbocycles. The number of rotatable bonds is 10. The fourth-order valence-corrected chi connectivity index (χ4v) is 3.68. The molecular weight excluding hydrogens is 507 g/mol. The molecule has 0 amide bonds. The normalized spacial score (nSPS) is 15.5. The summed E-state index contributed by atoms with van der Waals surface area (Å²) < 4.78 is 6.30. The Labute approximate surface area is 183 Å². The number of hydrogen-bond donors (Lipinski definition) is 2. The van der Waals surface area contributed by atoms with Crippen LogP contribution in [0.3, 0.4) is 0 Å². The van der Waals surface area contributed by atoms with Gasteiger partial charge in [0.1, 0.15) is 0 Å². The molecule has 1 fully saturated rings. The summed E-state index contributed by atoms with van der Waals surface area (Å²) in [5, 5.41) is 6.92.